The molecular weight excluding hydrogens is 465 g/mol. The van der Waals surface area contributed by atoms with Gasteiger partial charge in [-0.05, 0) is 31.5 Å². The first-order chi connectivity index (χ1) is 15.4. The van der Waals surface area contributed by atoms with Crippen molar-refractivity contribution in [1.29, 1.82) is 0 Å². The van der Waals surface area contributed by atoms with Crippen molar-refractivity contribution in [3.8, 4) is 0 Å². The van der Waals surface area contributed by atoms with Crippen LogP contribution in [0.4, 0.5) is 18.9 Å². The number of halogens is 4. The molecule has 0 unspecified atom stereocenters. The number of anilines is 1. The molecule has 1 saturated heterocycles. The zero-order valence-corrected chi connectivity index (χ0v) is 18.9. The summed E-state index contributed by atoms with van der Waals surface area (Å²) in [5.74, 6) is -3.14. The summed E-state index contributed by atoms with van der Waals surface area (Å²) in [6, 6.07) is 2.94. The van der Waals surface area contributed by atoms with Gasteiger partial charge in [-0.15, -0.1) is 0 Å². The van der Waals surface area contributed by atoms with Crippen LogP contribution < -0.4 is 10.6 Å². The van der Waals surface area contributed by atoms with E-state index < -0.39 is 42.2 Å². The number of carbonyl (C=O) groups excluding carboxylic acids is 3. The molecule has 1 aliphatic heterocycles. The third-order valence-electron chi connectivity index (χ3n) is 5.81. The summed E-state index contributed by atoms with van der Waals surface area (Å²) in [7, 11) is 1.46. The molecule has 0 bridgehead atoms. The molecule has 0 aromatic carbocycles. The van der Waals surface area contributed by atoms with Gasteiger partial charge in [0.2, 0.25) is 0 Å². The van der Waals surface area contributed by atoms with Gasteiger partial charge in [-0.25, -0.2) is 4.98 Å². The highest BCUT2D eigenvalue weighted by Crippen LogP contribution is 2.38. The Labute approximate surface area is 192 Å². The normalized spacial score (nSPS) is 15.7. The minimum Gasteiger partial charge on any atom is -0.381 e. The molecule has 2 aromatic rings. The molecule has 2 amide bonds. The van der Waals surface area contributed by atoms with Gasteiger partial charge < -0.3 is 19.9 Å². The number of rotatable bonds is 5. The maximum Gasteiger partial charge on any atom is 0.411 e. The highest BCUT2D eigenvalue weighted by Gasteiger charge is 2.56. The predicted octanol–water partition coefficient (Wildman–Crippen LogP) is 3.35. The molecule has 0 spiro atoms. The fourth-order valence-electron chi connectivity index (χ4n) is 3.89. The Bertz CT molecular complexity index is 1110. The molecule has 1 fully saturated rings. The number of ketones is 1. The quantitative estimate of drug-likeness (QED) is 0.383. The van der Waals surface area contributed by atoms with Gasteiger partial charge in [0, 0.05) is 50.7 Å². The molecule has 8 nitrogen and oxygen atoms in total. The van der Waals surface area contributed by atoms with Crippen molar-refractivity contribution in [2.45, 2.75) is 38.4 Å². The molecule has 3 heterocycles. The van der Waals surface area contributed by atoms with Crippen LogP contribution in [-0.4, -0.2) is 52.1 Å². The van der Waals surface area contributed by atoms with Crippen LogP contribution in [-0.2, 0) is 16.6 Å². The minimum absolute atomic E-state index is 0.123. The van der Waals surface area contributed by atoms with E-state index in [-0.39, 0.29) is 35.2 Å². The molecule has 33 heavy (non-hydrogen) atoms. The van der Waals surface area contributed by atoms with Crippen molar-refractivity contribution in [3.63, 3.8) is 0 Å². The third kappa shape index (κ3) is 4.74. The van der Waals surface area contributed by atoms with Gasteiger partial charge in [0.25, 0.3) is 17.6 Å². The van der Waals surface area contributed by atoms with E-state index in [4.69, 9.17) is 16.3 Å². The van der Waals surface area contributed by atoms with E-state index in [1.165, 1.54) is 36.9 Å². The van der Waals surface area contributed by atoms with Crippen LogP contribution in [0.2, 0.25) is 5.15 Å². The van der Waals surface area contributed by atoms with E-state index in [0.29, 0.717) is 11.4 Å². The first-order valence-electron chi connectivity index (χ1n) is 9.98. The number of amides is 2. The lowest BCUT2D eigenvalue weighted by Crippen LogP contribution is -2.62. The molecule has 12 heteroatoms. The monoisotopic (exact) mass is 486 g/mol. The number of Topliss-reactive ketones (excluding diaryl/α,β-unsaturated/α-hetero) is 1. The number of nitrogens with zero attached hydrogens (tertiary/aromatic N) is 2. The van der Waals surface area contributed by atoms with Crippen LogP contribution >= 0.6 is 11.6 Å². The Kier molecular flexibility index (Phi) is 6.85. The molecular formula is C21H22ClF3N4O4. The van der Waals surface area contributed by atoms with Gasteiger partial charge in [0.1, 0.15) is 10.7 Å². The first-order valence-corrected chi connectivity index (χ1v) is 10.4. The Balaban J connectivity index is 1.89. The van der Waals surface area contributed by atoms with Crippen molar-refractivity contribution in [1.82, 2.24) is 14.9 Å². The molecule has 0 saturated carbocycles. The van der Waals surface area contributed by atoms with Crippen molar-refractivity contribution in [2.24, 2.45) is 7.05 Å². The minimum atomic E-state index is -4.76. The van der Waals surface area contributed by atoms with Crippen LogP contribution in [0, 0.1) is 13.8 Å². The van der Waals surface area contributed by atoms with Crippen molar-refractivity contribution in [2.75, 3.05) is 18.5 Å². The molecule has 2 aromatic heterocycles. The summed E-state index contributed by atoms with van der Waals surface area (Å²) in [5.41, 5.74) is -1.71. The van der Waals surface area contributed by atoms with Crippen molar-refractivity contribution in [3.05, 3.63) is 46.0 Å². The number of aromatic nitrogens is 2. The van der Waals surface area contributed by atoms with Crippen molar-refractivity contribution < 1.29 is 32.3 Å². The molecule has 0 aliphatic carbocycles. The zero-order chi connectivity index (χ0) is 24.6. The molecule has 3 rings (SSSR count). The lowest BCUT2D eigenvalue weighted by molar-refractivity contribution is -0.216. The largest absolute Gasteiger partial charge is 0.411 e. The van der Waals surface area contributed by atoms with Gasteiger partial charge in [-0.2, -0.15) is 13.2 Å². The van der Waals surface area contributed by atoms with Crippen molar-refractivity contribution >= 4 is 34.9 Å². The fourth-order valence-corrected chi connectivity index (χ4v) is 4.06. The van der Waals surface area contributed by atoms with E-state index in [9.17, 15) is 27.6 Å². The summed E-state index contributed by atoms with van der Waals surface area (Å²) < 4.78 is 47.5. The summed E-state index contributed by atoms with van der Waals surface area (Å²) in [6.45, 7) is 2.63. The molecule has 0 atom stereocenters. The standard InChI is InChI=1S/C21H22ClF3N4O4/c1-11-15(18(31)27-13-4-7-26-14(22)10-13)12(2)29(3)16(11)17(30)19(32)28-20(21(23,24)25)5-8-33-9-6-20/h4,7,10H,5-6,8-9H2,1-3H3,(H,28,32)(H,26,27,31). The lowest BCUT2D eigenvalue weighted by Gasteiger charge is -2.39. The Hall–Kier alpha value is -2.92. The Morgan fingerprint density at radius 3 is 2.42 bits per heavy atom. The summed E-state index contributed by atoms with van der Waals surface area (Å²) in [6.07, 6.45) is -4.36. The summed E-state index contributed by atoms with van der Waals surface area (Å²) >= 11 is 5.82. The maximum atomic E-state index is 13.7. The second kappa shape index (κ2) is 9.14. The van der Waals surface area contributed by atoms with Gasteiger partial charge in [-0.3, -0.25) is 14.4 Å². The zero-order valence-electron chi connectivity index (χ0n) is 18.1. The summed E-state index contributed by atoms with van der Waals surface area (Å²) in [5, 5.41) is 4.69. The fraction of sp³-hybridized carbons (Fsp3) is 0.429. The average Bonchev–Trinajstić information content (AvgIpc) is 2.95. The predicted molar refractivity (Wildman–Crippen MR) is 113 cm³/mol. The van der Waals surface area contributed by atoms with Crippen LogP contribution in [0.25, 0.3) is 0 Å². The molecule has 1 aliphatic rings. The number of hydrogen-bond donors (Lipinski definition) is 2. The number of nitrogens with one attached hydrogen (secondary N) is 2. The Morgan fingerprint density at radius 1 is 1.21 bits per heavy atom. The summed E-state index contributed by atoms with van der Waals surface area (Å²) in [4.78, 5) is 42.3. The highest BCUT2D eigenvalue weighted by atomic mass is 35.5. The van der Waals surface area contributed by atoms with Gasteiger partial charge in [0.15, 0.2) is 0 Å². The Morgan fingerprint density at radius 2 is 1.85 bits per heavy atom. The van der Waals surface area contributed by atoms with Gasteiger partial charge in [0.05, 0.1) is 11.3 Å². The van der Waals surface area contributed by atoms with Crippen LogP contribution in [0.1, 0.15) is 44.9 Å². The number of carbonyl (C=O) groups is 3. The van der Waals surface area contributed by atoms with E-state index in [0.717, 1.165) is 0 Å². The van der Waals surface area contributed by atoms with Crippen LogP contribution in [0.15, 0.2) is 18.3 Å². The molecule has 2 N–H and O–H groups in total. The second-order valence-corrected chi connectivity index (χ2v) is 8.18. The number of ether oxygens (including phenoxy) is 1. The highest BCUT2D eigenvalue weighted by molar-refractivity contribution is 6.43. The number of hydrogen-bond acceptors (Lipinski definition) is 5. The molecule has 178 valence electrons. The van der Waals surface area contributed by atoms with E-state index in [2.05, 4.69) is 10.3 Å². The second-order valence-electron chi connectivity index (χ2n) is 7.79. The lowest BCUT2D eigenvalue weighted by atomic mass is 9.89. The average molecular weight is 487 g/mol. The molecule has 0 radical (unpaired) electrons. The van der Waals surface area contributed by atoms with Crippen LogP contribution in [0.3, 0.4) is 0 Å². The van der Waals surface area contributed by atoms with Crippen LogP contribution in [0.5, 0.6) is 0 Å². The first kappa shape index (κ1) is 24.7. The topological polar surface area (TPSA) is 102 Å². The van der Waals surface area contributed by atoms with E-state index in [1.807, 2.05) is 5.32 Å². The maximum absolute atomic E-state index is 13.7. The van der Waals surface area contributed by atoms with E-state index in [1.54, 1.807) is 6.92 Å². The number of pyridine rings is 1. The van der Waals surface area contributed by atoms with E-state index >= 15 is 0 Å². The SMILES string of the molecule is Cc1c(C(=O)Nc2ccnc(Cl)c2)c(C)n(C)c1C(=O)C(=O)NC1(C(F)(F)F)CCOCC1. The number of alkyl halides is 3. The van der Waals surface area contributed by atoms with Gasteiger partial charge >= 0.3 is 6.18 Å². The van der Waals surface area contributed by atoms with Gasteiger partial charge in [-0.1, -0.05) is 11.6 Å². The smallest absolute Gasteiger partial charge is 0.381 e. The third-order valence-corrected chi connectivity index (χ3v) is 6.01.